The number of aromatic amines is 1. The highest BCUT2D eigenvalue weighted by molar-refractivity contribution is 5.27. The molecule has 0 bridgehead atoms. The second kappa shape index (κ2) is 6.74. The monoisotopic (exact) mass is 285 g/mol. The van der Waals surface area contributed by atoms with Crippen LogP contribution < -0.4 is 4.74 Å². The third kappa shape index (κ3) is 3.84. The quantitative estimate of drug-likeness (QED) is 0.909. The molecule has 0 aliphatic heterocycles. The Labute approximate surface area is 125 Å². The lowest BCUT2D eigenvalue weighted by molar-refractivity contribution is 0.318. The fourth-order valence-electron chi connectivity index (χ4n) is 2.94. The van der Waals surface area contributed by atoms with Gasteiger partial charge >= 0.3 is 0 Å². The number of ether oxygens (including phenoxy) is 1. The summed E-state index contributed by atoms with van der Waals surface area (Å²) in [5.41, 5.74) is 1.21. The van der Waals surface area contributed by atoms with E-state index in [0.717, 1.165) is 23.8 Å². The average Bonchev–Trinajstić information content (AvgIpc) is 2.97. The van der Waals surface area contributed by atoms with Crippen molar-refractivity contribution in [3.63, 3.8) is 0 Å². The first-order valence-corrected chi connectivity index (χ1v) is 7.92. The van der Waals surface area contributed by atoms with Gasteiger partial charge in [0.1, 0.15) is 11.6 Å². The van der Waals surface area contributed by atoms with Crippen molar-refractivity contribution in [1.82, 2.24) is 15.2 Å². The van der Waals surface area contributed by atoms with Crippen LogP contribution in [0.5, 0.6) is 5.75 Å². The van der Waals surface area contributed by atoms with Gasteiger partial charge in [-0.2, -0.15) is 5.10 Å². The molecule has 1 aliphatic rings. The smallest absolute Gasteiger partial charge is 0.153 e. The number of hydrogen-bond acceptors (Lipinski definition) is 3. The van der Waals surface area contributed by atoms with Crippen LogP contribution in [-0.4, -0.2) is 21.8 Å². The minimum Gasteiger partial charge on any atom is -0.493 e. The second-order valence-electron chi connectivity index (χ2n) is 5.89. The Hall–Kier alpha value is -1.84. The molecule has 0 radical (unpaired) electrons. The Kier molecular flexibility index (Phi) is 4.53. The molecule has 0 amide bonds. The van der Waals surface area contributed by atoms with Gasteiger partial charge in [0.2, 0.25) is 0 Å². The number of nitrogens with zero attached hydrogens (tertiary/aromatic N) is 2. The van der Waals surface area contributed by atoms with Gasteiger partial charge in [0.25, 0.3) is 0 Å². The highest BCUT2D eigenvalue weighted by Gasteiger charge is 2.19. The van der Waals surface area contributed by atoms with Gasteiger partial charge in [-0.1, -0.05) is 31.4 Å². The summed E-state index contributed by atoms with van der Waals surface area (Å²) in [6.45, 7) is 2.70. The van der Waals surface area contributed by atoms with Gasteiger partial charge in [-0.15, -0.1) is 0 Å². The molecule has 0 saturated heterocycles. The molecule has 1 aliphatic carbocycles. The Morgan fingerprint density at radius 1 is 1.24 bits per heavy atom. The van der Waals surface area contributed by atoms with Crippen LogP contribution in [-0.2, 0) is 6.42 Å². The van der Waals surface area contributed by atoms with Crippen LogP contribution in [0.1, 0.15) is 55.2 Å². The summed E-state index contributed by atoms with van der Waals surface area (Å²) in [5.74, 6) is 3.41. The van der Waals surface area contributed by atoms with Crippen LogP contribution >= 0.6 is 0 Å². The molecule has 2 aromatic rings. The first-order chi connectivity index (χ1) is 10.3. The lowest BCUT2D eigenvalue weighted by Gasteiger charge is -2.18. The van der Waals surface area contributed by atoms with E-state index in [2.05, 4.69) is 28.2 Å². The van der Waals surface area contributed by atoms with Gasteiger partial charge < -0.3 is 4.74 Å². The molecule has 1 aromatic carbocycles. The topological polar surface area (TPSA) is 50.8 Å². The van der Waals surface area contributed by atoms with E-state index in [0.29, 0.717) is 12.5 Å². The summed E-state index contributed by atoms with van der Waals surface area (Å²) in [4.78, 5) is 4.64. The van der Waals surface area contributed by atoms with Gasteiger partial charge in [0.15, 0.2) is 5.82 Å². The van der Waals surface area contributed by atoms with Crippen molar-refractivity contribution in [2.75, 3.05) is 6.61 Å². The van der Waals surface area contributed by atoms with Gasteiger partial charge in [0.05, 0.1) is 6.61 Å². The van der Waals surface area contributed by atoms with Crippen LogP contribution in [0.25, 0.3) is 0 Å². The number of benzene rings is 1. The van der Waals surface area contributed by atoms with Crippen LogP contribution in [0, 0.1) is 6.92 Å². The molecule has 1 fully saturated rings. The summed E-state index contributed by atoms with van der Waals surface area (Å²) >= 11 is 0. The second-order valence-corrected chi connectivity index (χ2v) is 5.89. The predicted octanol–water partition coefficient (Wildman–Crippen LogP) is 3.78. The number of H-pyrrole nitrogens is 1. The third-order valence-corrected chi connectivity index (χ3v) is 4.12. The maximum absolute atomic E-state index is 5.76. The molecule has 112 valence electrons. The number of rotatable bonds is 5. The first-order valence-electron chi connectivity index (χ1n) is 7.92. The molecule has 1 saturated carbocycles. The fourth-order valence-corrected chi connectivity index (χ4v) is 2.94. The Morgan fingerprint density at radius 2 is 2.10 bits per heavy atom. The summed E-state index contributed by atoms with van der Waals surface area (Å²) in [6.07, 6.45) is 7.22. The normalized spacial score (nSPS) is 16.0. The molecule has 4 nitrogen and oxygen atoms in total. The van der Waals surface area contributed by atoms with Gasteiger partial charge in [-0.05, 0) is 37.5 Å². The van der Waals surface area contributed by atoms with Crippen LogP contribution in [0.2, 0.25) is 0 Å². The Balaban J connectivity index is 1.50. The van der Waals surface area contributed by atoms with Gasteiger partial charge in [-0.25, -0.2) is 4.98 Å². The fraction of sp³-hybridized carbons (Fsp3) is 0.529. The van der Waals surface area contributed by atoms with Crippen LogP contribution in [0.15, 0.2) is 24.3 Å². The molecule has 1 N–H and O–H groups in total. The van der Waals surface area contributed by atoms with E-state index in [9.17, 15) is 0 Å². The van der Waals surface area contributed by atoms with E-state index in [4.69, 9.17) is 4.74 Å². The summed E-state index contributed by atoms with van der Waals surface area (Å²) in [6, 6.07) is 8.12. The molecule has 3 rings (SSSR count). The highest BCUT2D eigenvalue weighted by Crippen LogP contribution is 2.30. The maximum atomic E-state index is 5.76. The molecular formula is C17H23N3O. The largest absolute Gasteiger partial charge is 0.493 e. The molecule has 21 heavy (non-hydrogen) atoms. The average molecular weight is 285 g/mol. The minimum atomic E-state index is 0.557. The van der Waals surface area contributed by atoms with Crippen molar-refractivity contribution in [2.24, 2.45) is 0 Å². The molecule has 4 heteroatoms. The van der Waals surface area contributed by atoms with E-state index in [-0.39, 0.29) is 0 Å². The van der Waals surface area contributed by atoms with E-state index in [1.165, 1.54) is 37.7 Å². The predicted molar refractivity (Wildman–Crippen MR) is 82.6 cm³/mol. The number of hydrogen-bond donors (Lipinski definition) is 1. The van der Waals surface area contributed by atoms with Crippen molar-refractivity contribution < 1.29 is 4.74 Å². The number of nitrogens with one attached hydrogen (secondary N) is 1. The Bertz CT molecular complexity index is 573. The Morgan fingerprint density at radius 3 is 2.90 bits per heavy atom. The first kappa shape index (κ1) is 14.1. The zero-order valence-corrected chi connectivity index (χ0v) is 12.6. The molecule has 0 unspecified atom stereocenters. The zero-order valence-electron chi connectivity index (χ0n) is 12.6. The van der Waals surface area contributed by atoms with E-state index >= 15 is 0 Å². The van der Waals surface area contributed by atoms with E-state index in [1.807, 2.05) is 18.2 Å². The van der Waals surface area contributed by atoms with Crippen molar-refractivity contribution in [3.05, 3.63) is 41.5 Å². The molecule has 0 spiro atoms. The molecular weight excluding hydrogens is 262 g/mol. The van der Waals surface area contributed by atoms with Crippen molar-refractivity contribution in [1.29, 1.82) is 0 Å². The van der Waals surface area contributed by atoms with Crippen LogP contribution in [0.4, 0.5) is 0 Å². The van der Waals surface area contributed by atoms with Gasteiger partial charge in [-0.3, -0.25) is 5.10 Å². The van der Waals surface area contributed by atoms with Crippen molar-refractivity contribution in [3.8, 4) is 5.75 Å². The molecule has 1 aromatic heterocycles. The summed E-state index contributed by atoms with van der Waals surface area (Å²) in [5, 5.41) is 7.45. The zero-order chi connectivity index (χ0) is 14.5. The van der Waals surface area contributed by atoms with E-state index in [1.54, 1.807) is 0 Å². The SMILES string of the molecule is Cc1cccc(OCCc2nc(C3CCCCC3)n[nH]2)c1. The highest BCUT2D eigenvalue weighted by atomic mass is 16.5. The minimum absolute atomic E-state index is 0.557. The molecule has 0 atom stereocenters. The van der Waals surface area contributed by atoms with Crippen molar-refractivity contribution in [2.45, 2.75) is 51.4 Å². The lowest BCUT2D eigenvalue weighted by atomic mass is 9.89. The number of aromatic nitrogens is 3. The van der Waals surface area contributed by atoms with E-state index < -0.39 is 0 Å². The van der Waals surface area contributed by atoms with Crippen molar-refractivity contribution >= 4 is 0 Å². The molecule has 1 heterocycles. The lowest BCUT2D eigenvalue weighted by Crippen LogP contribution is -2.06. The maximum Gasteiger partial charge on any atom is 0.153 e. The summed E-state index contributed by atoms with van der Waals surface area (Å²) in [7, 11) is 0. The van der Waals surface area contributed by atoms with Crippen LogP contribution in [0.3, 0.4) is 0 Å². The van der Waals surface area contributed by atoms with Gasteiger partial charge in [0, 0.05) is 12.3 Å². The standard InChI is InChI=1S/C17H23N3O/c1-13-6-5-9-15(12-13)21-11-10-16-18-17(20-19-16)14-7-3-2-4-8-14/h5-6,9,12,14H,2-4,7-8,10-11H2,1H3,(H,18,19,20). The number of aryl methyl sites for hydroxylation is 1. The summed E-state index contributed by atoms with van der Waals surface area (Å²) < 4.78 is 5.76. The third-order valence-electron chi connectivity index (χ3n) is 4.12.